The Morgan fingerprint density at radius 1 is 1.06 bits per heavy atom. The Bertz CT molecular complexity index is 544. The minimum atomic E-state index is -4.33. The molecule has 0 N–H and O–H groups in total. The normalized spacial score (nSPS) is 11.6. The average Bonchev–Trinajstić information content (AvgIpc) is 2.27. The molecule has 0 unspecified atom stereocenters. The van der Waals surface area contributed by atoms with E-state index >= 15 is 0 Å². The van der Waals surface area contributed by atoms with Gasteiger partial charge in [0.1, 0.15) is 0 Å². The monoisotopic (exact) mass is 273 g/mol. The van der Waals surface area contributed by atoms with Crippen LogP contribution in [0, 0.1) is 18.5 Å². The van der Waals surface area contributed by atoms with E-state index in [4.69, 9.17) is 11.6 Å². The zero-order chi connectivity index (χ0) is 13.3. The quantitative estimate of drug-likeness (QED) is 0.746. The van der Waals surface area contributed by atoms with E-state index in [0.717, 1.165) is 12.1 Å². The fraction of sp³-hybridized carbons (Fsp3) is 0.167. The van der Waals surface area contributed by atoms with E-state index in [1.54, 1.807) is 13.0 Å². The minimum Gasteiger partial charge on any atom is -0.179 e. The van der Waals surface area contributed by atoms with E-state index in [0.29, 0.717) is 17.0 Å². The van der Waals surface area contributed by atoms with Crippen molar-refractivity contribution in [3.63, 3.8) is 0 Å². The van der Waals surface area contributed by atoms with Gasteiger partial charge in [-0.1, -0.05) is 12.1 Å². The van der Waals surface area contributed by atoms with Gasteiger partial charge in [-0.25, -0.2) is 0 Å². The molecule has 0 radical (unpaired) electrons. The number of aryl methyl sites for hydroxylation is 1. The molecular formula is C12H9ClF3N2+. The fourth-order valence-corrected chi connectivity index (χ4v) is 1.76. The molecule has 0 amide bonds. The maximum absolute atomic E-state index is 12.4. The van der Waals surface area contributed by atoms with Gasteiger partial charge in [-0.15, -0.1) is 0 Å². The molecule has 94 valence electrons. The molecule has 0 bridgehead atoms. The third kappa shape index (κ3) is 2.79. The van der Waals surface area contributed by atoms with Gasteiger partial charge in [-0.3, -0.25) is 0 Å². The van der Waals surface area contributed by atoms with Gasteiger partial charge in [0, 0.05) is 11.3 Å². The number of aromatic nitrogens is 2. The van der Waals surface area contributed by atoms with Crippen molar-refractivity contribution in [2.75, 3.05) is 0 Å². The fourth-order valence-electron chi connectivity index (χ4n) is 1.52. The van der Waals surface area contributed by atoms with Crippen LogP contribution in [0.2, 0.25) is 5.28 Å². The lowest BCUT2D eigenvalue weighted by atomic mass is 10.1. The highest BCUT2D eigenvalue weighted by molar-refractivity contribution is 5.59. The molecule has 0 fully saturated rings. The summed E-state index contributed by atoms with van der Waals surface area (Å²) in [7, 11) is 0. The summed E-state index contributed by atoms with van der Waals surface area (Å²) in [5, 5.41) is 0.185. The van der Waals surface area contributed by atoms with Gasteiger partial charge in [-0.2, -0.15) is 23.1 Å². The van der Waals surface area contributed by atoms with Gasteiger partial charge >= 0.3 is 11.5 Å². The number of halogens is 4. The molecule has 0 atom stereocenters. The van der Waals surface area contributed by atoms with Crippen LogP contribution in [0.25, 0.3) is 11.3 Å². The van der Waals surface area contributed by atoms with Crippen LogP contribution in [0.4, 0.5) is 13.2 Å². The molecule has 0 aliphatic carbocycles. The van der Waals surface area contributed by atoms with Crippen molar-refractivity contribution in [1.29, 1.82) is 0 Å². The van der Waals surface area contributed by atoms with Gasteiger partial charge in [0.2, 0.25) is 0 Å². The standard InChI is InChI=1S/C12H9ClF3N2/c1-7-6-10(18-11(13)17-7)8-2-4-9(5-3-8)12(14,15)16/h2-6,13H,1H3/q+1. The van der Waals surface area contributed by atoms with Crippen molar-refractivity contribution in [3.05, 3.63) is 46.9 Å². The minimum absolute atomic E-state index is 0.185. The number of benzene rings is 1. The van der Waals surface area contributed by atoms with Gasteiger partial charge in [0.25, 0.3) is 0 Å². The van der Waals surface area contributed by atoms with Crippen LogP contribution in [0.3, 0.4) is 0 Å². The maximum Gasteiger partial charge on any atom is 0.418 e. The van der Waals surface area contributed by atoms with Gasteiger partial charge in [0.05, 0.1) is 11.3 Å². The molecular weight excluding hydrogens is 265 g/mol. The van der Waals surface area contributed by atoms with Crippen LogP contribution >= 0.6 is 0 Å². The summed E-state index contributed by atoms with van der Waals surface area (Å²) in [5.41, 5.74) is 1.11. The summed E-state index contributed by atoms with van der Waals surface area (Å²) >= 11 is 4.87. The topological polar surface area (TPSA) is 25.8 Å². The number of nitrogens with zero attached hydrogens (tertiary/aromatic N) is 2. The Balaban J connectivity index is 2.40. The van der Waals surface area contributed by atoms with Crippen LogP contribution in [0.5, 0.6) is 0 Å². The first kappa shape index (κ1) is 12.8. The second-order valence-corrected chi connectivity index (χ2v) is 4.12. The summed E-state index contributed by atoms with van der Waals surface area (Å²) < 4.78 is 37.2. The molecule has 1 aromatic heterocycles. The smallest absolute Gasteiger partial charge is 0.179 e. The Morgan fingerprint density at radius 3 is 2.17 bits per heavy atom. The predicted octanol–water partition coefficient (Wildman–Crippen LogP) is 3.17. The van der Waals surface area contributed by atoms with Crippen molar-refractivity contribution >= 4 is 0 Å². The molecule has 2 aromatic rings. The lowest BCUT2D eigenvalue weighted by Crippen LogP contribution is -2.04. The number of rotatable bonds is 1. The Morgan fingerprint density at radius 2 is 1.67 bits per heavy atom. The van der Waals surface area contributed by atoms with E-state index in [2.05, 4.69) is 9.97 Å². The molecule has 0 saturated heterocycles. The zero-order valence-corrected chi connectivity index (χ0v) is 10.1. The van der Waals surface area contributed by atoms with Crippen LogP contribution in [-0.4, -0.2) is 9.97 Å². The van der Waals surface area contributed by atoms with Crippen LogP contribution in [0.1, 0.15) is 11.3 Å². The van der Waals surface area contributed by atoms with Crippen molar-refractivity contribution in [1.82, 2.24) is 9.97 Å². The Kier molecular flexibility index (Phi) is 3.26. The van der Waals surface area contributed by atoms with E-state index in [1.165, 1.54) is 12.1 Å². The zero-order valence-electron chi connectivity index (χ0n) is 9.32. The lowest BCUT2D eigenvalue weighted by molar-refractivity contribution is -0.304. The van der Waals surface area contributed by atoms with E-state index in [9.17, 15) is 13.2 Å². The first-order valence-corrected chi connectivity index (χ1v) is 5.47. The maximum atomic E-state index is 12.4. The molecule has 18 heavy (non-hydrogen) atoms. The van der Waals surface area contributed by atoms with E-state index in [1.807, 2.05) is 0 Å². The van der Waals surface area contributed by atoms with Crippen molar-refractivity contribution in [2.24, 2.45) is 0 Å². The molecule has 2 nitrogen and oxygen atoms in total. The average molecular weight is 274 g/mol. The highest BCUT2D eigenvalue weighted by Crippen LogP contribution is 2.30. The third-order valence-electron chi connectivity index (χ3n) is 2.34. The molecule has 0 aliphatic heterocycles. The van der Waals surface area contributed by atoms with Crippen molar-refractivity contribution < 1.29 is 24.8 Å². The first-order valence-electron chi connectivity index (χ1n) is 5.06. The van der Waals surface area contributed by atoms with Crippen molar-refractivity contribution in [2.45, 2.75) is 13.1 Å². The second-order valence-electron chi connectivity index (χ2n) is 3.75. The van der Waals surface area contributed by atoms with Gasteiger partial charge in [-0.05, 0) is 25.1 Å². The van der Waals surface area contributed by atoms with E-state index in [-0.39, 0.29) is 5.28 Å². The number of alkyl halides is 3. The molecule has 1 heterocycles. The SMILES string of the molecule is Cc1cc(-c2ccc(C(F)(F)F)cc2)nc([ClH+])n1. The third-order valence-corrected chi connectivity index (χ3v) is 2.52. The molecule has 0 aliphatic rings. The van der Waals surface area contributed by atoms with Crippen LogP contribution < -0.4 is 0 Å². The summed E-state index contributed by atoms with van der Waals surface area (Å²) in [6.07, 6.45) is -4.33. The van der Waals surface area contributed by atoms with Crippen LogP contribution in [0.15, 0.2) is 30.3 Å². The molecule has 1 aromatic carbocycles. The Hall–Kier alpha value is -1.62. The number of hydrogen-bond acceptors (Lipinski definition) is 2. The highest BCUT2D eigenvalue weighted by Gasteiger charge is 2.30. The van der Waals surface area contributed by atoms with Gasteiger partial charge in [0.15, 0.2) is 11.6 Å². The largest absolute Gasteiger partial charge is 0.418 e. The summed E-state index contributed by atoms with van der Waals surface area (Å²) in [4.78, 5) is 7.96. The van der Waals surface area contributed by atoms with E-state index < -0.39 is 11.7 Å². The molecule has 0 spiro atoms. The number of hydrogen-bond donors (Lipinski definition) is 0. The first-order chi connectivity index (χ1) is 8.36. The molecule has 6 heteroatoms. The second kappa shape index (κ2) is 4.57. The molecule has 0 saturated carbocycles. The lowest BCUT2D eigenvalue weighted by Gasteiger charge is -2.07. The van der Waals surface area contributed by atoms with Crippen molar-refractivity contribution in [3.8, 4) is 11.3 Å². The van der Waals surface area contributed by atoms with Crippen LogP contribution in [-0.2, 0) is 6.18 Å². The summed E-state index contributed by atoms with van der Waals surface area (Å²) in [5.74, 6) is 0. The molecule has 2 rings (SSSR count). The summed E-state index contributed by atoms with van der Waals surface area (Å²) in [6.45, 7) is 1.76. The Labute approximate surface area is 106 Å². The summed E-state index contributed by atoms with van der Waals surface area (Å²) in [6, 6.07) is 6.47. The highest BCUT2D eigenvalue weighted by atomic mass is 35.5. The van der Waals surface area contributed by atoms with Gasteiger partial charge < -0.3 is 0 Å². The predicted molar refractivity (Wildman–Crippen MR) is 57.8 cm³/mol.